The van der Waals surface area contributed by atoms with Crippen molar-refractivity contribution in [3.63, 3.8) is 0 Å². The SMILES string of the molecule is OCC1CCC(NCc2ccc(O)cc2)CC1. The summed E-state index contributed by atoms with van der Waals surface area (Å²) in [5.74, 6) is 0.832. The molecular weight excluding hydrogens is 214 g/mol. The minimum atomic E-state index is 0.317. The summed E-state index contributed by atoms with van der Waals surface area (Å²) in [4.78, 5) is 0. The van der Waals surface area contributed by atoms with Crippen LogP contribution in [0.5, 0.6) is 5.75 Å². The number of aromatic hydroxyl groups is 1. The average Bonchev–Trinajstić information content (AvgIpc) is 2.39. The zero-order valence-corrected chi connectivity index (χ0v) is 10.1. The molecule has 0 amide bonds. The number of phenols is 1. The average molecular weight is 235 g/mol. The molecule has 2 rings (SSSR count). The summed E-state index contributed by atoms with van der Waals surface area (Å²) in [6.07, 6.45) is 4.57. The molecule has 0 bridgehead atoms. The second-order valence-corrected chi connectivity index (χ2v) is 4.95. The van der Waals surface area contributed by atoms with E-state index in [1.165, 1.54) is 5.56 Å². The summed E-state index contributed by atoms with van der Waals surface area (Å²) in [5, 5.41) is 21.8. The van der Waals surface area contributed by atoms with Crippen LogP contribution in [0, 0.1) is 5.92 Å². The molecule has 1 aliphatic rings. The molecule has 17 heavy (non-hydrogen) atoms. The van der Waals surface area contributed by atoms with Crippen molar-refractivity contribution in [3.05, 3.63) is 29.8 Å². The standard InChI is InChI=1S/C14H21NO2/c16-10-12-1-5-13(6-2-12)15-9-11-3-7-14(17)8-4-11/h3-4,7-8,12-13,15-17H,1-2,5-6,9-10H2. The molecule has 1 fully saturated rings. The van der Waals surface area contributed by atoms with Gasteiger partial charge in [-0.15, -0.1) is 0 Å². The van der Waals surface area contributed by atoms with Crippen LogP contribution >= 0.6 is 0 Å². The van der Waals surface area contributed by atoms with Gasteiger partial charge < -0.3 is 15.5 Å². The Morgan fingerprint density at radius 2 is 1.71 bits per heavy atom. The van der Waals surface area contributed by atoms with Crippen LogP contribution < -0.4 is 5.32 Å². The molecular formula is C14H21NO2. The molecule has 0 saturated heterocycles. The van der Waals surface area contributed by atoms with Gasteiger partial charge in [-0.3, -0.25) is 0 Å². The van der Waals surface area contributed by atoms with Crippen molar-refractivity contribution in [2.45, 2.75) is 38.3 Å². The predicted molar refractivity (Wildman–Crippen MR) is 67.8 cm³/mol. The second kappa shape index (κ2) is 6.03. The Hall–Kier alpha value is -1.06. The normalized spacial score (nSPS) is 24.8. The molecule has 0 aromatic heterocycles. The largest absolute Gasteiger partial charge is 0.508 e. The highest BCUT2D eigenvalue weighted by Gasteiger charge is 2.19. The van der Waals surface area contributed by atoms with E-state index in [9.17, 15) is 5.11 Å². The maximum absolute atomic E-state index is 9.19. The monoisotopic (exact) mass is 235 g/mol. The third-order valence-corrected chi connectivity index (χ3v) is 3.64. The number of phenolic OH excluding ortho intramolecular Hbond substituents is 1. The first-order valence-electron chi connectivity index (χ1n) is 6.40. The van der Waals surface area contributed by atoms with E-state index < -0.39 is 0 Å². The Balaban J connectivity index is 1.74. The molecule has 94 valence electrons. The van der Waals surface area contributed by atoms with Gasteiger partial charge in [0.05, 0.1) is 0 Å². The van der Waals surface area contributed by atoms with Crippen LogP contribution in [0.15, 0.2) is 24.3 Å². The van der Waals surface area contributed by atoms with Crippen molar-refractivity contribution in [2.24, 2.45) is 5.92 Å². The van der Waals surface area contributed by atoms with Crippen molar-refractivity contribution in [1.29, 1.82) is 0 Å². The van der Waals surface area contributed by atoms with E-state index in [0.717, 1.165) is 32.2 Å². The fourth-order valence-electron chi connectivity index (χ4n) is 2.43. The van der Waals surface area contributed by atoms with Crippen LogP contribution in [0.1, 0.15) is 31.2 Å². The lowest BCUT2D eigenvalue weighted by Gasteiger charge is -2.28. The first-order chi connectivity index (χ1) is 8.28. The molecule has 1 aromatic rings. The van der Waals surface area contributed by atoms with Crippen LogP contribution in [0.2, 0.25) is 0 Å². The molecule has 1 saturated carbocycles. The van der Waals surface area contributed by atoms with Crippen LogP contribution in [-0.2, 0) is 6.54 Å². The lowest BCUT2D eigenvalue weighted by Crippen LogP contribution is -2.33. The summed E-state index contributed by atoms with van der Waals surface area (Å²) < 4.78 is 0. The zero-order valence-electron chi connectivity index (χ0n) is 10.1. The maximum Gasteiger partial charge on any atom is 0.115 e. The number of benzene rings is 1. The van der Waals surface area contributed by atoms with E-state index in [4.69, 9.17) is 5.11 Å². The third kappa shape index (κ3) is 3.72. The first kappa shape index (κ1) is 12.4. The Morgan fingerprint density at radius 1 is 1.06 bits per heavy atom. The maximum atomic E-state index is 9.19. The fraction of sp³-hybridized carbons (Fsp3) is 0.571. The van der Waals surface area contributed by atoms with Gasteiger partial charge >= 0.3 is 0 Å². The molecule has 0 aliphatic heterocycles. The number of hydrogen-bond donors (Lipinski definition) is 3. The van der Waals surface area contributed by atoms with E-state index in [2.05, 4.69) is 5.32 Å². The predicted octanol–water partition coefficient (Wildman–Crippen LogP) is 2.03. The van der Waals surface area contributed by atoms with Crippen LogP contribution in [-0.4, -0.2) is 22.9 Å². The minimum Gasteiger partial charge on any atom is -0.508 e. The van der Waals surface area contributed by atoms with Gasteiger partial charge in [0.25, 0.3) is 0 Å². The summed E-state index contributed by atoms with van der Waals surface area (Å²) >= 11 is 0. The van der Waals surface area contributed by atoms with E-state index >= 15 is 0 Å². The van der Waals surface area contributed by atoms with Crippen molar-refractivity contribution < 1.29 is 10.2 Å². The van der Waals surface area contributed by atoms with Gasteiger partial charge in [-0.05, 0) is 49.3 Å². The smallest absolute Gasteiger partial charge is 0.115 e. The molecule has 0 atom stereocenters. The van der Waals surface area contributed by atoms with E-state index in [1.54, 1.807) is 12.1 Å². The summed E-state index contributed by atoms with van der Waals surface area (Å²) in [6.45, 7) is 1.19. The molecule has 3 nitrogen and oxygen atoms in total. The number of hydrogen-bond acceptors (Lipinski definition) is 3. The van der Waals surface area contributed by atoms with Gasteiger partial charge in [0, 0.05) is 19.2 Å². The highest BCUT2D eigenvalue weighted by atomic mass is 16.3. The number of aliphatic hydroxyl groups is 1. The van der Waals surface area contributed by atoms with Crippen molar-refractivity contribution in [2.75, 3.05) is 6.61 Å². The topological polar surface area (TPSA) is 52.5 Å². The lowest BCUT2D eigenvalue weighted by atomic mass is 9.86. The summed E-state index contributed by atoms with van der Waals surface area (Å²) in [6, 6.07) is 7.91. The molecule has 0 spiro atoms. The highest BCUT2D eigenvalue weighted by molar-refractivity contribution is 5.25. The van der Waals surface area contributed by atoms with Gasteiger partial charge in [0.2, 0.25) is 0 Å². The molecule has 3 N–H and O–H groups in total. The Labute approximate surface area is 102 Å². The summed E-state index contributed by atoms with van der Waals surface area (Å²) in [7, 11) is 0. The Morgan fingerprint density at radius 3 is 2.29 bits per heavy atom. The quantitative estimate of drug-likeness (QED) is 0.748. The molecule has 1 aromatic carbocycles. The lowest BCUT2D eigenvalue weighted by molar-refractivity contribution is 0.175. The first-order valence-corrected chi connectivity index (χ1v) is 6.40. The van der Waals surface area contributed by atoms with Crippen molar-refractivity contribution >= 4 is 0 Å². The second-order valence-electron chi connectivity index (χ2n) is 4.95. The van der Waals surface area contributed by atoms with E-state index in [1.807, 2.05) is 12.1 Å². The van der Waals surface area contributed by atoms with E-state index in [0.29, 0.717) is 24.3 Å². The van der Waals surface area contributed by atoms with Crippen molar-refractivity contribution in [1.82, 2.24) is 5.32 Å². The molecule has 1 aliphatic carbocycles. The van der Waals surface area contributed by atoms with Gasteiger partial charge in [-0.25, -0.2) is 0 Å². The molecule has 0 radical (unpaired) electrons. The third-order valence-electron chi connectivity index (χ3n) is 3.64. The van der Waals surface area contributed by atoms with Crippen molar-refractivity contribution in [3.8, 4) is 5.75 Å². The highest BCUT2D eigenvalue weighted by Crippen LogP contribution is 2.23. The van der Waals surface area contributed by atoms with Gasteiger partial charge in [0.15, 0.2) is 0 Å². The Kier molecular flexibility index (Phi) is 4.40. The number of rotatable bonds is 4. The van der Waals surface area contributed by atoms with Crippen LogP contribution in [0.4, 0.5) is 0 Å². The van der Waals surface area contributed by atoms with Crippen LogP contribution in [0.3, 0.4) is 0 Å². The number of aliphatic hydroxyl groups excluding tert-OH is 1. The number of nitrogens with one attached hydrogen (secondary N) is 1. The van der Waals surface area contributed by atoms with Crippen LogP contribution in [0.25, 0.3) is 0 Å². The molecule has 0 heterocycles. The van der Waals surface area contributed by atoms with E-state index in [-0.39, 0.29) is 0 Å². The zero-order chi connectivity index (χ0) is 12.1. The van der Waals surface area contributed by atoms with Gasteiger partial charge in [0.1, 0.15) is 5.75 Å². The Bertz CT molecular complexity index is 329. The minimum absolute atomic E-state index is 0.317. The van der Waals surface area contributed by atoms with Gasteiger partial charge in [-0.2, -0.15) is 0 Å². The molecule has 0 unspecified atom stereocenters. The summed E-state index contributed by atoms with van der Waals surface area (Å²) in [5.41, 5.74) is 1.20. The molecule has 3 heteroatoms. The fourth-order valence-corrected chi connectivity index (χ4v) is 2.43. The van der Waals surface area contributed by atoms with Gasteiger partial charge in [-0.1, -0.05) is 12.1 Å².